The van der Waals surface area contributed by atoms with Crippen LogP contribution in [0.2, 0.25) is 0 Å². The molecule has 1 aliphatic carbocycles. The lowest BCUT2D eigenvalue weighted by Crippen LogP contribution is -2.42. The lowest BCUT2D eigenvalue weighted by Gasteiger charge is -2.34. The maximum atomic E-state index is 4.41. The maximum absolute atomic E-state index is 4.41. The van der Waals surface area contributed by atoms with Crippen LogP contribution in [0.5, 0.6) is 0 Å². The van der Waals surface area contributed by atoms with Gasteiger partial charge >= 0.3 is 0 Å². The van der Waals surface area contributed by atoms with Gasteiger partial charge in [-0.1, -0.05) is 26.3 Å². The van der Waals surface area contributed by atoms with Gasteiger partial charge in [0.25, 0.3) is 0 Å². The summed E-state index contributed by atoms with van der Waals surface area (Å²) in [6.45, 7) is 8.12. The van der Waals surface area contributed by atoms with Gasteiger partial charge in [0.15, 0.2) is 0 Å². The normalized spacial score (nSPS) is 17.9. The third-order valence-corrected chi connectivity index (χ3v) is 4.38. The van der Waals surface area contributed by atoms with Crippen LogP contribution in [0.1, 0.15) is 45.2 Å². The Labute approximate surface area is 130 Å². The number of pyridine rings is 1. The summed E-state index contributed by atoms with van der Waals surface area (Å²) in [6.07, 6.45) is 8.22. The standard InChI is InChI=1S/C18H31N3/c1-4-11-18(2,14-20-17-8-9-17)15-21(3)13-10-16-7-5-6-12-19-16/h5-7,12,17,20H,4,8-11,13-15H2,1-3H3. The molecule has 1 aromatic heterocycles. The van der Waals surface area contributed by atoms with Crippen LogP contribution in [0.15, 0.2) is 24.4 Å². The number of likely N-dealkylation sites (N-methyl/N-ethyl adjacent to an activating group) is 1. The highest BCUT2D eigenvalue weighted by atomic mass is 15.1. The molecule has 1 aromatic rings. The van der Waals surface area contributed by atoms with Crippen molar-refractivity contribution in [2.75, 3.05) is 26.7 Å². The molecule has 2 rings (SSSR count). The number of hydrogen-bond donors (Lipinski definition) is 1. The Morgan fingerprint density at radius 1 is 1.38 bits per heavy atom. The fraction of sp³-hybridized carbons (Fsp3) is 0.722. The smallest absolute Gasteiger partial charge is 0.0416 e. The van der Waals surface area contributed by atoms with Crippen molar-refractivity contribution in [1.29, 1.82) is 0 Å². The third kappa shape index (κ3) is 6.15. The molecule has 1 aliphatic rings. The second-order valence-electron chi connectivity index (χ2n) is 7.02. The van der Waals surface area contributed by atoms with Crippen LogP contribution < -0.4 is 5.32 Å². The molecule has 0 aromatic carbocycles. The lowest BCUT2D eigenvalue weighted by molar-refractivity contribution is 0.173. The molecular formula is C18H31N3. The molecule has 1 unspecified atom stereocenters. The Morgan fingerprint density at radius 3 is 2.81 bits per heavy atom. The molecular weight excluding hydrogens is 258 g/mol. The van der Waals surface area contributed by atoms with Crippen molar-refractivity contribution in [3.8, 4) is 0 Å². The molecule has 1 fully saturated rings. The number of hydrogen-bond acceptors (Lipinski definition) is 3. The Morgan fingerprint density at radius 2 is 2.19 bits per heavy atom. The topological polar surface area (TPSA) is 28.2 Å². The highest BCUT2D eigenvalue weighted by Gasteiger charge is 2.28. The monoisotopic (exact) mass is 289 g/mol. The van der Waals surface area contributed by atoms with Gasteiger partial charge in [0.05, 0.1) is 0 Å². The molecule has 0 aliphatic heterocycles. The largest absolute Gasteiger partial charge is 0.313 e. The van der Waals surface area contributed by atoms with Gasteiger partial charge in [0, 0.05) is 44.0 Å². The third-order valence-electron chi connectivity index (χ3n) is 4.38. The van der Waals surface area contributed by atoms with E-state index in [9.17, 15) is 0 Å². The molecule has 0 amide bonds. The molecule has 0 spiro atoms. The van der Waals surface area contributed by atoms with Crippen LogP contribution in [-0.4, -0.2) is 42.6 Å². The van der Waals surface area contributed by atoms with E-state index in [4.69, 9.17) is 0 Å². The molecule has 3 nitrogen and oxygen atoms in total. The van der Waals surface area contributed by atoms with Crippen molar-refractivity contribution >= 4 is 0 Å². The Hall–Kier alpha value is -0.930. The van der Waals surface area contributed by atoms with Gasteiger partial charge in [-0.3, -0.25) is 4.98 Å². The number of aromatic nitrogens is 1. The fourth-order valence-corrected chi connectivity index (χ4v) is 3.09. The molecule has 1 N–H and O–H groups in total. The molecule has 1 atom stereocenters. The number of nitrogens with one attached hydrogen (secondary N) is 1. The Kier molecular flexibility index (Phi) is 6.19. The molecule has 3 heteroatoms. The first-order valence-electron chi connectivity index (χ1n) is 8.43. The van der Waals surface area contributed by atoms with E-state index in [1.54, 1.807) is 0 Å². The van der Waals surface area contributed by atoms with Gasteiger partial charge in [0.1, 0.15) is 0 Å². The summed E-state index contributed by atoms with van der Waals surface area (Å²) in [7, 11) is 2.24. The Balaban J connectivity index is 1.77. The van der Waals surface area contributed by atoms with Crippen molar-refractivity contribution < 1.29 is 0 Å². The molecule has 0 bridgehead atoms. The first-order chi connectivity index (χ1) is 10.1. The highest BCUT2D eigenvalue weighted by molar-refractivity contribution is 5.03. The van der Waals surface area contributed by atoms with E-state index >= 15 is 0 Å². The zero-order valence-corrected chi connectivity index (χ0v) is 13.9. The highest BCUT2D eigenvalue weighted by Crippen LogP contribution is 2.26. The van der Waals surface area contributed by atoms with Gasteiger partial charge in [-0.15, -0.1) is 0 Å². The molecule has 118 valence electrons. The zero-order valence-electron chi connectivity index (χ0n) is 13.9. The van der Waals surface area contributed by atoms with E-state index in [2.05, 4.69) is 48.2 Å². The van der Waals surface area contributed by atoms with Crippen molar-refractivity contribution in [2.45, 2.75) is 52.0 Å². The van der Waals surface area contributed by atoms with E-state index in [1.807, 2.05) is 12.3 Å². The summed E-state index contributed by atoms with van der Waals surface area (Å²) in [4.78, 5) is 6.88. The van der Waals surface area contributed by atoms with Gasteiger partial charge in [-0.05, 0) is 43.9 Å². The fourth-order valence-electron chi connectivity index (χ4n) is 3.09. The van der Waals surface area contributed by atoms with Crippen molar-refractivity contribution in [3.63, 3.8) is 0 Å². The molecule has 1 saturated carbocycles. The molecule has 0 saturated heterocycles. The lowest BCUT2D eigenvalue weighted by atomic mass is 9.84. The average Bonchev–Trinajstić information content (AvgIpc) is 3.29. The minimum Gasteiger partial charge on any atom is -0.313 e. The summed E-state index contributed by atoms with van der Waals surface area (Å²) < 4.78 is 0. The van der Waals surface area contributed by atoms with Gasteiger partial charge < -0.3 is 10.2 Å². The van der Waals surface area contributed by atoms with Crippen molar-refractivity contribution in [1.82, 2.24) is 15.2 Å². The van der Waals surface area contributed by atoms with Gasteiger partial charge in [-0.25, -0.2) is 0 Å². The average molecular weight is 289 g/mol. The quantitative estimate of drug-likeness (QED) is 0.717. The van der Waals surface area contributed by atoms with Crippen LogP contribution in [0.4, 0.5) is 0 Å². The van der Waals surface area contributed by atoms with Crippen LogP contribution >= 0.6 is 0 Å². The predicted molar refractivity (Wildman–Crippen MR) is 89.5 cm³/mol. The second kappa shape index (κ2) is 7.90. The Bertz CT molecular complexity index is 402. The van der Waals surface area contributed by atoms with E-state index < -0.39 is 0 Å². The van der Waals surface area contributed by atoms with Gasteiger partial charge in [-0.2, -0.15) is 0 Å². The predicted octanol–water partition coefficient (Wildman–Crippen LogP) is 3.11. The van der Waals surface area contributed by atoms with Crippen LogP contribution in [0, 0.1) is 5.41 Å². The summed E-state index contributed by atoms with van der Waals surface area (Å²) in [6, 6.07) is 6.98. The van der Waals surface area contributed by atoms with Crippen LogP contribution in [-0.2, 0) is 6.42 Å². The molecule has 1 heterocycles. The number of nitrogens with zero attached hydrogens (tertiary/aromatic N) is 2. The summed E-state index contributed by atoms with van der Waals surface area (Å²) >= 11 is 0. The second-order valence-corrected chi connectivity index (χ2v) is 7.02. The SMILES string of the molecule is CCCC(C)(CNC1CC1)CN(C)CCc1ccccn1. The van der Waals surface area contributed by atoms with Crippen LogP contribution in [0.3, 0.4) is 0 Å². The first kappa shape index (κ1) is 16.4. The van der Waals surface area contributed by atoms with Crippen molar-refractivity contribution in [2.24, 2.45) is 5.41 Å². The van der Waals surface area contributed by atoms with E-state index in [0.29, 0.717) is 5.41 Å². The summed E-state index contributed by atoms with van der Waals surface area (Å²) in [5, 5.41) is 3.72. The van der Waals surface area contributed by atoms with E-state index in [0.717, 1.165) is 32.1 Å². The van der Waals surface area contributed by atoms with Gasteiger partial charge in [0.2, 0.25) is 0 Å². The van der Waals surface area contributed by atoms with E-state index in [1.165, 1.54) is 31.4 Å². The van der Waals surface area contributed by atoms with Crippen LogP contribution in [0.25, 0.3) is 0 Å². The van der Waals surface area contributed by atoms with E-state index in [-0.39, 0.29) is 0 Å². The minimum absolute atomic E-state index is 0.385. The summed E-state index contributed by atoms with van der Waals surface area (Å²) in [5.41, 5.74) is 1.58. The molecule has 0 radical (unpaired) electrons. The molecule has 21 heavy (non-hydrogen) atoms. The minimum atomic E-state index is 0.385. The first-order valence-corrected chi connectivity index (χ1v) is 8.43. The summed E-state index contributed by atoms with van der Waals surface area (Å²) in [5.74, 6) is 0. The number of rotatable bonds is 10. The van der Waals surface area contributed by atoms with Crippen molar-refractivity contribution in [3.05, 3.63) is 30.1 Å². The maximum Gasteiger partial charge on any atom is 0.0416 e. The zero-order chi connectivity index (χ0) is 15.1.